The van der Waals surface area contributed by atoms with Gasteiger partial charge in [0.25, 0.3) is 0 Å². The monoisotopic (exact) mass is 276 g/mol. The maximum Gasteiger partial charge on any atom is 0.407 e. The first-order chi connectivity index (χ1) is 8.78. The number of nitrogens with one attached hydrogen (secondary N) is 2. The number of carbonyl (C=O) groups is 2. The van der Waals surface area contributed by atoms with Crippen LogP contribution in [0.15, 0.2) is 0 Å². The topological polar surface area (TPSA) is 96.9 Å². The largest absolute Gasteiger partial charge is 0.444 e. The van der Waals surface area contributed by atoms with Gasteiger partial charge in [-0.3, -0.25) is 10.1 Å². The lowest BCUT2D eigenvalue weighted by Crippen LogP contribution is -2.43. The third-order valence-corrected chi connectivity index (χ3v) is 2.13. The van der Waals surface area contributed by atoms with Crippen molar-refractivity contribution in [2.75, 3.05) is 13.2 Å². The van der Waals surface area contributed by atoms with Crippen LogP contribution in [0.1, 0.15) is 40.5 Å². The SMILES string of the molecule is CCC(=O)NCCC(COO)NC(=O)OC(C)(C)C. The molecule has 0 aromatic heterocycles. The Bertz CT molecular complexity index is 288. The molecule has 0 heterocycles. The Morgan fingerprint density at radius 2 is 1.95 bits per heavy atom. The average molecular weight is 276 g/mol. The van der Waals surface area contributed by atoms with Gasteiger partial charge in [-0.05, 0) is 27.2 Å². The van der Waals surface area contributed by atoms with E-state index in [1.165, 1.54) is 0 Å². The van der Waals surface area contributed by atoms with Crippen molar-refractivity contribution in [3.05, 3.63) is 0 Å². The molecule has 0 aromatic rings. The molecule has 0 aliphatic rings. The molecule has 0 aliphatic heterocycles. The minimum atomic E-state index is -0.592. The molecule has 1 unspecified atom stereocenters. The van der Waals surface area contributed by atoms with Crippen LogP contribution in [0.2, 0.25) is 0 Å². The summed E-state index contributed by atoms with van der Waals surface area (Å²) in [6.07, 6.45) is 0.253. The maximum absolute atomic E-state index is 11.5. The second-order valence-corrected chi connectivity index (χ2v) is 5.13. The molecule has 0 bridgehead atoms. The molecule has 3 N–H and O–H groups in total. The first kappa shape index (κ1) is 17.7. The van der Waals surface area contributed by atoms with E-state index in [4.69, 9.17) is 9.99 Å². The van der Waals surface area contributed by atoms with Crippen molar-refractivity contribution in [3.63, 3.8) is 0 Å². The Morgan fingerprint density at radius 1 is 1.32 bits per heavy atom. The van der Waals surface area contributed by atoms with Crippen molar-refractivity contribution < 1.29 is 24.5 Å². The maximum atomic E-state index is 11.5. The van der Waals surface area contributed by atoms with Gasteiger partial charge in [0.15, 0.2) is 0 Å². The molecule has 0 aliphatic carbocycles. The number of hydrogen-bond donors (Lipinski definition) is 3. The van der Waals surface area contributed by atoms with E-state index in [1.807, 2.05) is 0 Å². The third kappa shape index (κ3) is 10.3. The first-order valence-corrected chi connectivity index (χ1v) is 6.31. The smallest absolute Gasteiger partial charge is 0.407 e. The molecule has 0 rings (SSSR count). The van der Waals surface area contributed by atoms with Crippen molar-refractivity contribution in [2.24, 2.45) is 0 Å². The Kier molecular flexibility index (Phi) is 8.09. The molecule has 2 amide bonds. The number of rotatable bonds is 7. The van der Waals surface area contributed by atoms with E-state index in [-0.39, 0.29) is 12.5 Å². The quantitative estimate of drug-likeness (QED) is 0.481. The zero-order chi connectivity index (χ0) is 14.9. The van der Waals surface area contributed by atoms with E-state index in [0.29, 0.717) is 19.4 Å². The number of hydrogen-bond acceptors (Lipinski definition) is 5. The second kappa shape index (κ2) is 8.71. The lowest BCUT2D eigenvalue weighted by Gasteiger charge is -2.23. The Morgan fingerprint density at radius 3 is 2.42 bits per heavy atom. The molecule has 0 fully saturated rings. The standard InChI is InChI=1S/C12H24N2O5/c1-5-10(15)13-7-6-9(8-18-17)14-11(16)19-12(2,3)4/h9,17H,5-8H2,1-4H3,(H,13,15)(H,14,16). The fraction of sp³-hybridized carbons (Fsp3) is 0.833. The van der Waals surface area contributed by atoms with E-state index in [2.05, 4.69) is 15.5 Å². The van der Waals surface area contributed by atoms with E-state index in [0.717, 1.165) is 0 Å². The molecule has 0 spiro atoms. The summed E-state index contributed by atoms with van der Waals surface area (Å²) in [5, 5.41) is 13.7. The van der Waals surface area contributed by atoms with Crippen LogP contribution < -0.4 is 10.6 Å². The van der Waals surface area contributed by atoms with E-state index < -0.39 is 17.7 Å². The van der Waals surface area contributed by atoms with Crippen molar-refractivity contribution in [3.8, 4) is 0 Å². The zero-order valence-corrected chi connectivity index (χ0v) is 12.0. The number of amides is 2. The summed E-state index contributed by atoms with van der Waals surface area (Å²) >= 11 is 0. The molecule has 0 saturated carbocycles. The van der Waals surface area contributed by atoms with Crippen molar-refractivity contribution in [1.82, 2.24) is 10.6 Å². The summed E-state index contributed by atoms with van der Waals surface area (Å²) in [5.74, 6) is -0.0686. The number of carbonyl (C=O) groups excluding carboxylic acids is 2. The third-order valence-electron chi connectivity index (χ3n) is 2.13. The normalized spacial score (nSPS) is 12.7. The summed E-state index contributed by atoms with van der Waals surface area (Å²) in [6.45, 7) is 7.34. The van der Waals surface area contributed by atoms with Gasteiger partial charge >= 0.3 is 6.09 Å². The van der Waals surface area contributed by atoms with Gasteiger partial charge in [-0.2, -0.15) is 0 Å². The molecular formula is C12H24N2O5. The minimum absolute atomic E-state index is 0.0682. The van der Waals surface area contributed by atoms with Crippen LogP contribution in [0.4, 0.5) is 4.79 Å². The fourth-order valence-electron chi connectivity index (χ4n) is 1.27. The minimum Gasteiger partial charge on any atom is -0.444 e. The highest BCUT2D eigenvalue weighted by Crippen LogP contribution is 2.07. The molecule has 0 aromatic carbocycles. The molecule has 7 nitrogen and oxygen atoms in total. The molecule has 19 heavy (non-hydrogen) atoms. The fourth-order valence-corrected chi connectivity index (χ4v) is 1.27. The van der Waals surface area contributed by atoms with E-state index >= 15 is 0 Å². The molecule has 112 valence electrons. The molecule has 1 atom stereocenters. The van der Waals surface area contributed by atoms with Crippen LogP contribution in [0.25, 0.3) is 0 Å². The average Bonchev–Trinajstić information content (AvgIpc) is 2.26. The molecule has 7 heteroatoms. The summed E-state index contributed by atoms with van der Waals surface area (Å²) in [7, 11) is 0. The van der Waals surface area contributed by atoms with Gasteiger partial charge in [0.05, 0.1) is 6.04 Å². The van der Waals surface area contributed by atoms with Crippen LogP contribution in [0.3, 0.4) is 0 Å². The highest BCUT2D eigenvalue weighted by molar-refractivity contribution is 5.75. The highest BCUT2D eigenvalue weighted by atomic mass is 17.1. The van der Waals surface area contributed by atoms with E-state index in [9.17, 15) is 9.59 Å². The van der Waals surface area contributed by atoms with Crippen molar-refractivity contribution in [1.29, 1.82) is 0 Å². The predicted octanol–water partition coefficient (Wildman–Crippen LogP) is 1.29. The van der Waals surface area contributed by atoms with Crippen LogP contribution in [-0.4, -0.2) is 42.1 Å². The van der Waals surface area contributed by atoms with E-state index in [1.54, 1.807) is 27.7 Å². The first-order valence-electron chi connectivity index (χ1n) is 6.31. The lowest BCUT2D eigenvalue weighted by atomic mass is 10.2. The van der Waals surface area contributed by atoms with Crippen molar-refractivity contribution in [2.45, 2.75) is 52.2 Å². The molecule has 0 saturated heterocycles. The summed E-state index contributed by atoms with van der Waals surface area (Å²) in [5.41, 5.74) is -0.592. The lowest BCUT2D eigenvalue weighted by molar-refractivity contribution is -0.246. The predicted molar refractivity (Wildman–Crippen MR) is 69.7 cm³/mol. The Labute approximate surface area is 113 Å². The van der Waals surface area contributed by atoms with Gasteiger partial charge in [-0.15, -0.1) is 0 Å². The Hall–Kier alpha value is -1.34. The van der Waals surface area contributed by atoms with Gasteiger partial charge < -0.3 is 15.4 Å². The highest BCUT2D eigenvalue weighted by Gasteiger charge is 2.19. The number of ether oxygens (including phenoxy) is 1. The van der Waals surface area contributed by atoms with Gasteiger partial charge in [-0.1, -0.05) is 6.92 Å². The van der Waals surface area contributed by atoms with Crippen LogP contribution >= 0.6 is 0 Å². The Balaban J connectivity index is 4.10. The molecule has 0 radical (unpaired) electrons. The zero-order valence-electron chi connectivity index (χ0n) is 12.0. The van der Waals surface area contributed by atoms with Gasteiger partial charge in [-0.25, -0.2) is 9.68 Å². The summed E-state index contributed by atoms with van der Waals surface area (Å²) < 4.78 is 5.09. The second-order valence-electron chi connectivity index (χ2n) is 5.13. The number of alkyl carbamates (subject to hydrolysis) is 1. The van der Waals surface area contributed by atoms with Crippen LogP contribution in [-0.2, 0) is 14.4 Å². The molecular weight excluding hydrogens is 252 g/mol. The van der Waals surface area contributed by atoms with Crippen LogP contribution in [0, 0.1) is 0 Å². The van der Waals surface area contributed by atoms with Gasteiger partial charge in [0.1, 0.15) is 12.2 Å². The summed E-state index contributed by atoms with van der Waals surface area (Å²) in [6, 6.07) is -0.433. The van der Waals surface area contributed by atoms with Crippen molar-refractivity contribution >= 4 is 12.0 Å². The van der Waals surface area contributed by atoms with Crippen LogP contribution in [0.5, 0.6) is 0 Å². The van der Waals surface area contributed by atoms with Gasteiger partial charge in [0.2, 0.25) is 5.91 Å². The van der Waals surface area contributed by atoms with Gasteiger partial charge in [0, 0.05) is 13.0 Å². The summed E-state index contributed by atoms with van der Waals surface area (Å²) in [4.78, 5) is 26.6.